The third kappa shape index (κ3) is 2.88. The van der Waals surface area contributed by atoms with Gasteiger partial charge in [-0.3, -0.25) is 0 Å². The molecule has 0 heterocycles. The highest BCUT2D eigenvalue weighted by atomic mass is 19.1. The first-order valence-electron chi connectivity index (χ1n) is 6.92. The summed E-state index contributed by atoms with van der Waals surface area (Å²) >= 11 is 0. The second-order valence-corrected chi connectivity index (χ2v) is 5.42. The highest BCUT2D eigenvalue weighted by Crippen LogP contribution is 2.29. The highest BCUT2D eigenvalue weighted by Gasteiger charge is 2.21. The highest BCUT2D eigenvalue weighted by molar-refractivity contribution is 5.70. The summed E-state index contributed by atoms with van der Waals surface area (Å²) in [5, 5.41) is 3.40. The van der Waals surface area contributed by atoms with E-state index in [9.17, 15) is 8.78 Å². The van der Waals surface area contributed by atoms with Gasteiger partial charge in [0.15, 0.2) is 0 Å². The van der Waals surface area contributed by atoms with Gasteiger partial charge in [-0.2, -0.15) is 0 Å². The third-order valence-corrected chi connectivity index (χ3v) is 3.70. The van der Waals surface area contributed by atoms with Crippen LogP contribution in [0.25, 0.3) is 11.1 Å². The van der Waals surface area contributed by atoms with Gasteiger partial charge in [-0.15, -0.1) is 0 Å². The number of rotatable bonds is 4. The van der Waals surface area contributed by atoms with Crippen LogP contribution in [0.4, 0.5) is 8.78 Å². The van der Waals surface area contributed by atoms with Gasteiger partial charge in [0.25, 0.3) is 0 Å². The zero-order chi connectivity index (χ0) is 14.1. The maximum absolute atomic E-state index is 13.5. The van der Waals surface area contributed by atoms with Crippen molar-refractivity contribution >= 4 is 0 Å². The molecule has 0 amide bonds. The molecule has 1 aliphatic rings. The maximum atomic E-state index is 13.5. The summed E-state index contributed by atoms with van der Waals surface area (Å²) in [6.07, 6.45) is 2.39. The minimum atomic E-state index is -0.244. The average Bonchev–Trinajstić information content (AvgIpc) is 3.21. The zero-order valence-electron chi connectivity index (χ0n) is 11.4. The maximum Gasteiger partial charge on any atom is 0.123 e. The molecule has 3 rings (SSSR count). The average molecular weight is 273 g/mol. The normalized spacial score (nSPS) is 14.6. The van der Waals surface area contributed by atoms with E-state index in [1.165, 1.54) is 31.0 Å². The number of halogens is 2. The molecule has 2 aromatic rings. The molecule has 0 saturated heterocycles. The summed E-state index contributed by atoms with van der Waals surface area (Å²) in [6.45, 7) is 2.52. The van der Waals surface area contributed by atoms with Crippen molar-refractivity contribution in [3.8, 4) is 11.1 Å². The van der Waals surface area contributed by atoms with Gasteiger partial charge >= 0.3 is 0 Å². The largest absolute Gasteiger partial charge is 0.310 e. The molecule has 3 heteroatoms. The molecule has 2 aromatic carbocycles. The molecule has 0 bridgehead atoms. The Kier molecular flexibility index (Phi) is 3.53. The first-order valence-corrected chi connectivity index (χ1v) is 6.92. The predicted molar refractivity (Wildman–Crippen MR) is 76.4 cm³/mol. The molecule has 1 saturated carbocycles. The fourth-order valence-corrected chi connectivity index (χ4v) is 2.44. The van der Waals surface area contributed by atoms with Gasteiger partial charge < -0.3 is 5.32 Å². The monoisotopic (exact) mass is 273 g/mol. The van der Waals surface area contributed by atoms with Crippen molar-refractivity contribution in [2.75, 3.05) is 0 Å². The van der Waals surface area contributed by atoms with Crippen LogP contribution in [0.15, 0.2) is 36.4 Å². The van der Waals surface area contributed by atoms with E-state index in [1.807, 2.05) is 6.92 Å². The van der Waals surface area contributed by atoms with Crippen LogP contribution in [0.5, 0.6) is 0 Å². The van der Waals surface area contributed by atoms with E-state index in [-0.39, 0.29) is 11.6 Å². The molecular weight excluding hydrogens is 256 g/mol. The van der Waals surface area contributed by atoms with Crippen LogP contribution in [-0.4, -0.2) is 6.04 Å². The Morgan fingerprint density at radius 3 is 2.30 bits per heavy atom. The molecule has 1 N–H and O–H groups in total. The molecule has 1 fully saturated rings. The van der Waals surface area contributed by atoms with Crippen molar-refractivity contribution in [3.05, 3.63) is 59.2 Å². The molecule has 0 atom stereocenters. The summed E-state index contributed by atoms with van der Waals surface area (Å²) in [5.41, 5.74) is 3.71. The number of benzene rings is 2. The summed E-state index contributed by atoms with van der Waals surface area (Å²) in [5.74, 6) is -0.480. The Bertz CT molecular complexity index is 633. The lowest BCUT2D eigenvalue weighted by atomic mass is 9.95. The molecule has 0 aromatic heterocycles. The lowest BCUT2D eigenvalue weighted by molar-refractivity contribution is 0.619. The van der Waals surface area contributed by atoms with Crippen molar-refractivity contribution in [1.82, 2.24) is 5.32 Å². The lowest BCUT2D eigenvalue weighted by Crippen LogP contribution is -2.16. The van der Waals surface area contributed by atoms with Gasteiger partial charge in [0.1, 0.15) is 11.6 Å². The van der Waals surface area contributed by atoms with Crippen molar-refractivity contribution in [2.45, 2.75) is 32.4 Å². The van der Waals surface area contributed by atoms with Crippen molar-refractivity contribution in [3.63, 3.8) is 0 Å². The van der Waals surface area contributed by atoms with Crippen molar-refractivity contribution < 1.29 is 8.78 Å². The molecule has 0 spiro atoms. The Balaban J connectivity index is 1.97. The fourth-order valence-electron chi connectivity index (χ4n) is 2.44. The second-order valence-electron chi connectivity index (χ2n) is 5.42. The zero-order valence-corrected chi connectivity index (χ0v) is 11.4. The summed E-state index contributed by atoms with van der Waals surface area (Å²) in [7, 11) is 0. The van der Waals surface area contributed by atoms with Gasteiger partial charge in [0.05, 0.1) is 0 Å². The van der Waals surface area contributed by atoms with Crippen LogP contribution in [0.3, 0.4) is 0 Å². The van der Waals surface area contributed by atoms with E-state index < -0.39 is 0 Å². The minimum Gasteiger partial charge on any atom is -0.310 e. The van der Waals surface area contributed by atoms with Crippen LogP contribution >= 0.6 is 0 Å². The van der Waals surface area contributed by atoms with E-state index in [2.05, 4.69) is 5.32 Å². The summed E-state index contributed by atoms with van der Waals surface area (Å²) < 4.78 is 26.7. The molecule has 0 unspecified atom stereocenters. The molecular formula is C17H17F2N. The van der Waals surface area contributed by atoms with Gasteiger partial charge in [-0.1, -0.05) is 12.1 Å². The van der Waals surface area contributed by atoms with Crippen LogP contribution in [0.1, 0.15) is 24.0 Å². The van der Waals surface area contributed by atoms with Crippen LogP contribution in [0, 0.1) is 18.6 Å². The first-order chi connectivity index (χ1) is 9.63. The van der Waals surface area contributed by atoms with E-state index >= 15 is 0 Å². The predicted octanol–water partition coefficient (Wildman–Crippen LogP) is 4.19. The van der Waals surface area contributed by atoms with E-state index in [0.717, 1.165) is 22.3 Å². The molecule has 0 aliphatic heterocycles. The Morgan fingerprint density at radius 1 is 1.00 bits per heavy atom. The van der Waals surface area contributed by atoms with Crippen molar-refractivity contribution in [1.29, 1.82) is 0 Å². The Morgan fingerprint density at radius 2 is 1.65 bits per heavy atom. The van der Waals surface area contributed by atoms with Gasteiger partial charge in [-0.05, 0) is 66.3 Å². The second kappa shape index (κ2) is 5.33. The van der Waals surface area contributed by atoms with Gasteiger partial charge in [0.2, 0.25) is 0 Å². The van der Waals surface area contributed by atoms with Crippen LogP contribution < -0.4 is 5.32 Å². The third-order valence-electron chi connectivity index (χ3n) is 3.70. The topological polar surface area (TPSA) is 12.0 Å². The van der Waals surface area contributed by atoms with Crippen molar-refractivity contribution in [2.24, 2.45) is 0 Å². The van der Waals surface area contributed by atoms with Gasteiger partial charge in [-0.25, -0.2) is 8.78 Å². The fraction of sp³-hybridized carbons (Fsp3) is 0.294. The standard InChI is InChI=1S/C17H17F2N/c1-11-8-13(18)2-6-16(11)17-7-3-14(19)9-12(17)10-20-15-4-5-15/h2-3,6-9,15,20H,4-5,10H2,1H3. The lowest BCUT2D eigenvalue weighted by Gasteiger charge is -2.13. The molecule has 104 valence electrons. The first kappa shape index (κ1) is 13.3. The summed E-state index contributed by atoms with van der Waals surface area (Å²) in [6, 6.07) is 10.1. The van der Waals surface area contributed by atoms with Crippen LogP contribution in [-0.2, 0) is 6.54 Å². The minimum absolute atomic E-state index is 0.235. The number of aryl methyl sites for hydroxylation is 1. The number of nitrogens with one attached hydrogen (secondary N) is 1. The number of hydrogen-bond donors (Lipinski definition) is 1. The Labute approximate surface area is 117 Å². The molecule has 0 radical (unpaired) electrons. The Hall–Kier alpha value is -1.74. The van der Waals surface area contributed by atoms with E-state index in [0.29, 0.717) is 12.6 Å². The van der Waals surface area contributed by atoms with E-state index in [1.54, 1.807) is 18.2 Å². The molecule has 1 nitrogen and oxygen atoms in total. The number of hydrogen-bond acceptors (Lipinski definition) is 1. The quantitative estimate of drug-likeness (QED) is 0.880. The smallest absolute Gasteiger partial charge is 0.123 e. The molecule has 20 heavy (non-hydrogen) atoms. The van der Waals surface area contributed by atoms with Crippen LogP contribution in [0.2, 0.25) is 0 Å². The van der Waals surface area contributed by atoms with Gasteiger partial charge in [0, 0.05) is 12.6 Å². The van der Waals surface area contributed by atoms with E-state index in [4.69, 9.17) is 0 Å². The SMILES string of the molecule is Cc1cc(F)ccc1-c1ccc(F)cc1CNC1CC1. The molecule has 1 aliphatic carbocycles. The summed E-state index contributed by atoms with van der Waals surface area (Å²) in [4.78, 5) is 0.